The number of carbonyl (C=O) groups excluding carboxylic acids is 1. The van der Waals surface area contributed by atoms with Crippen LogP contribution in [0.2, 0.25) is 0 Å². The fourth-order valence-corrected chi connectivity index (χ4v) is 3.03. The summed E-state index contributed by atoms with van der Waals surface area (Å²) in [7, 11) is 0. The second kappa shape index (κ2) is 6.19. The molecule has 0 N–H and O–H groups in total. The molecule has 1 fully saturated rings. The second-order valence-corrected chi connectivity index (χ2v) is 5.95. The smallest absolute Gasteiger partial charge is 0.416 e. The standard InChI is InChI=1S/C15H13F3N2O2S/c16-15(17,18)11-1-4-19-13(7-11)22-12-2-5-20(8-12)14(21)10-3-6-23-9-10/h1,3-4,6-7,9,12H,2,5,8H2/t12-/m0/s1. The van der Waals surface area contributed by atoms with Gasteiger partial charge in [0.15, 0.2) is 0 Å². The minimum absolute atomic E-state index is 0.0744. The Labute approximate surface area is 134 Å². The van der Waals surface area contributed by atoms with E-state index in [9.17, 15) is 18.0 Å². The molecule has 1 saturated heterocycles. The summed E-state index contributed by atoms with van der Waals surface area (Å²) >= 11 is 1.44. The van der Waals surface area contributed by atoms with Crippen molar-refractivity contribution in [3.8, 4) is 5.88 Å². The number of hydrogen-bond acceptors (Lipinski definition) is 4. The SMILES string of the molecule is O=C(c1ccsc1)N1CC[C@H](Oc2cc(C(F)(F)F)ccn2)C1. The molecular formula is C15H13F3N2O2S. The van der Waals surface area contributed by atoms with E-state index < -0.39 is 11.7 Å². The number of likely N-dealkylation sites (tertiary alicyclic amines) is 1. The van der Waals surface area contributed by atoms with Crippen LogP contribution in [0, 0.1) is 0 Å². The van der Waals surface area contributed by atoms with E-state index in [0.717, 1.165) is 18.3 Å². The van der Waals surface area contributed by atoms with E-state index in [1.165, 1.54) is 11.3 Å². The molecule has 0 spiro atoms. The van der Waals surface area contributed by atoms with Gasteiger partial charge in [-0.1, -0.05) is 0 Å². The summed E-state index contributed by atoms with van der Waals surface area (Å²) in [4.78, 5) is 17.7. The van der Waals surface area contributed by atoms with Crippen molar-refractivity contribution < 1.29 is 22.7 Å². The van der Waals surface area contributed by atoms with Crippen LogP contribution in [-0.4, -0.2) is 35.0 Å². The maximum absolute atomic E-state index is 12.7. The van der Waals surface area contributed by atoms with Crippen molar-refractivity contribution in [3.05, 3.63) is 46.3 Å². The van der Waals surface area contributed by atoms with Crippen molar-refractivity contribution in [2.45, 2.75) is 18.7 Å². The van der Waals surface area contributed by atoms with Crippen molar-refractivity contribution in [1.82, 2.24) is 9.88 Å². The van der Waals surface area contributed by atoms with E-state index >= 15 is 0 Å². The Hall–Kier alpha value is -2.09. The summed E-state index contributed by atoms with van der Waals surface area (Å²) in [6, 6.07) is 3.52. The molecular weight excluding hydrogens is 329 g/mol. The Morgan fingerprint density at radius 2 is 2.22 bits per heavy atom. The Morgan fingerprint density at radius 1 is 1.39 bits per heavy atom. The van der Waals surface area contributed by atoms with Crippen LogP contribution in [0.25, 0.3) is 0 Å². The zero-order chi connectivity index (χ0) is 16.4. The van der Waals surface area contributed by atoms with Crippen molar-refractivity contribution in [3.63, 3.8) is 0 Å². The topological polar surface area (TPSA) is 42.4 Å². The number of aromatic nitrogens is 1. The second-order valence-electron chi connectivity index (χ2n) is 5.17. The first-order chi connectivity index (χ1) is 10.9. The average molecular weight is 342 g/mol. The number of amides is 1. The van der Waals surface area contributed by atoms with Gasteiger partial charge in [-0.3, -0.25) is 4.79 Å². The van der Waals surface area contributed by atoms with Gasteiger partial charge in [-0.25, -0.2) is 4.98 Å². The molecule has 0 saturated carbocycles. The van der Waals surface area contributed by atoms with Crippen LogP contribution in [0.3, 0.4) is 0 Å². The molecule has 8 heteroatoms. The van der Waals surface area contributed by atoms with Gasteiger partial charge < -0.3 is 9.64 Å². The van der Waals surface area contributed by atoms with E-state index in [-0.39, 0.29) is 17.9 Å². The fraction of sp³-hybridized carbons (Fsp3) is 0.333. The van der Waals surface area contributed by atoms with Crippen molar-refractivity contribution in [2.75, 3.05) is 13.1 Å². The van der Waals surface area contributed by atoms with E-state index in [2.05, 4.69) is 4.98 Å². The molecule has 1 aliphatic rings. The lowest BCUT2D eigenvalue weighted by Crippen LogP contribution is -2.30. The Balaban J connectivity index is 1.63. The number of pyridine rings is 1. The van der Waals surface area contributed by atoms with E-state index in [4.69, 9.17) is 4.74 Å². The number of halogens is 3. The molecule has 1 aliphatic heterocycles. The third kappa shape index (κ3) is 3.64. The fourth-order valence-electron chi connectivity index (χ4n) is 2.40. The third-order valence-corrected chi connectivity index (χ3v) is 4.23. The maximum Gasteiger partial charge on any atom is 0.416 e. The van der Waals surface area contributed by atoms with Crippen LogP contribution in [0.4, 0.5) is 13.2 Å². The number of alkyl halides is 3. The zero-order valence-electron chi connectivity index (χ0n) is 11.9. The molecule has 3 rings (SSSR count). The highest BCUT2D eigenvalue weighted by molar-refractivity contribution is 7.08. The number of nitrogens with zero attached hydrogens (tertiary/aromatic N) is 2. The minimum Gasteiger partial charge on any atom is -0.472 e. The first-order valence-electron chi connectivity index (χ1n) is 6.95. The van der Waals surface area contributed by atoms with Crippen molar-refractivity contribution >= 4 is 17.2 Å². The van der Waals surface area contributed by atoms with Gasteiger partial charge in [0.1, 0.15) is 6.10 Å². The van der Waals surface area contributed by atoms with Crippen LogP contribution >= 0.6 is 11.3 Å². The van der Waals surface area contributed by atoms with Gasteiger partial charge in [0.25, 0.3) is 5.91 Å². The van der Waals surface area contributed by atoms with Crippen molar-refractivity contribution in [1.29, 1.82) is 0 Å². The molecule has 122 valence electrons. The van der Waals surface area contributed by atoms with Gasteiger partial charge in [0.2, 0.25) is 5.88 Å². The number of hydrogen-bond donors (Lipinski definition) is 0. The number of thiophene rings is 1. The normalized spacial score (nSPS) is 18.2. The van der Waals surface area contributed by atoms with Gasteiger partial charge >= 0.3 is 6.18 Å². The zero-order valence-corrected chi connectivity index (χ0v) is 12.7. The highest BCUT2D eigenvalue weighted by Gasteiger charge is 2.32. The lowest BCUT2D eigenvalue weighted by molar-refractivity contribution is -0.137. The van der Waals surface area contributed by atoms with Gasteiger partial charge in [-0.05, 0) is 17.5 Å². The molecule has 2 aromatic rings. The van der Waals surface area contributed by atoms with Crippen LogP contribution in [0.5, 0.6) is 5.88 Å². The molecule has 3 heterocycles. The third-order valence-electron chi connectivity index (χ3n) is 3.55. The molecule has 23 heavy (non-hydrogen) atoms. The van der Waals surface area contributed by atoms with Gasteiger partial charge in [0, 0.05) is 30.6 Å². The summed E-state index contributed by atoms with van der Waals surface area (Å²) in [5, 5.41) is 3.59. The molecule has 0 radical (unpaired) electrons. The monoisotopic (exact) mass is 342 g/mol. The molecule has 0 aromatic carbocycles. The van der Waals surface area contributed by atoms with Gasteiger partial charge in [-0.2, -0.15) is 24.5 Å². The lowest BCUT2D eigenvalue weighted by atomic mass is 10.2. The van der Waals surface area contributed by atoms with Crippen LogP contribution < -0.4 is 4.74 Å². The first kappa shape index (κ1) is 15.8. The van der Waals surface area contributed by atoms with E-state index in [0.29, 0.717) is 25.1 Å². The number of carbonyl (C=O) groups is 1. The summed E-state index contributed by atoms with van der Waals surface area (Å²) in [5.41, 5.74) is -0.181. The number of ether oxygens (including phenoxy) is 1. The Morgan fingerprint density at radius 3 is 2.91 bits per heavy atom. The highest BCUT2D eigenvalue weighted by Crippen LogP contribution is 2.31. The summed E-state index contributed by atoms with van der Waals surface area (Å²) in [6.45, 7) is 0.852. The van der Waals surface area contributed by atoms with Gasteiger partial charge in [-0.15, -0.1) is 0 Å². The molecule has 2 aromatic heterocycles. The predicted octanol–water partition coefficient (Wildman–Crippen LogP) is 3.46. The molecule has 4 nitrogen and oxygen atoms in total. The Bertz CT molecular complexity index is 688. The van der Waals surface area contributed by atoms with Crippen LogP contribution in [0.15, 0.2) is 35.2 Å². The summed E-state index contributed by atoms with van der Waals surface area (Å²) in [5.74, 6) is -0.163. The van der Waals surface area contributed by atoms with E-state index in [1.54, 1.807) is 16.3 Å². The largest absolute Gasteiger partial charge is 0.472 e. The molecule has 0 aliphatic carbocycles. The maximum atomic E-state index is 12.7. The van der Waals surface area contributed by atoms with Crippen LogP contribution in [-0.2, 0) is 6.18 Å². The minimum atomic E-state index is -4.43. The quantitative estimate of drug-likeness (QED) is 0.858. The molecule has 0 bridgehead atoms. The lowest BCUT2D eigenvalue weighted by Gasteiger charge is -2.16. The van der Waals surface area contributed by atoms with Crippen molar-refractivity contribution in [2.24, 2.45) is 0 Å². The van der Waals surface area contributed by atoms with E-state index in [1.807, 2.05) is 5.38 Å². The molecule has 1 amide bonds. The summed E-state index contributed by atoms with van der Waals surface area (Å²) < 4.78 is 43.5. The molecule has 1 atom stereocenters. The Kier molecular flexibility index (Phi) is 4.25. The predicted molar refractivity (Wildman–Crippen MR) is 78.5 cm³/mol. The first-order valence-corrected chi connectivity index (χ1v) is 7.89. The summed E-state index contributed by atoms with van der Waals surface area (Å²) in [6.07, 6.45) is -3.15. The van der Waals surface area contributed by atoms with Crippen LogP contribution in [0.1, 0.15) is 22.3 Å². The highest BCUT2D eigenvalue weighted by atomic mass is 32.1. The van der Waals surface area contributed by atoms with Gasteiger partial charge in [0.05, 0.1) is 17.7 Å². The average Bonchev–Trinajstić information content (AvgIpc) is 3.17. The molecule has 0 unspecified atom stereocenters. The number of rotatable bonds is 3.